The number of hydrogen-bond donors (Lipinski definition) is 1. The monoisotopic (exact) mass is 513 g/mol. The van der Waals surface area contributed by atoms with E-state index in [9.17, 15) is 18.0 Å². The molecule has 0 aliphatic rings. The average Bonchev–Trinajstić information content (AvgIpc) is 2.75. The highest BCUT2D eigenvalue weighted by Gasteiger charge is 2.32. The summed E-state index contributed by atoms with van der Waals surface area (Å²) >= 11 is 12.3. The van der Waals surface area contributed by atoms with E-state index in [0.29, 0.717) is 13.0 Å². The molecule has 0 radical (unpaired) electrons. The van der Waals surface area contributed by atoms with Crippen molar-refractivity contribution in [2.45, 2.75) is 39.8 Å². The summed E-state index contributed by atoms with van der Waals surface area (Å²) in [5.74, 6) is -0.831. The van der Waals surface area contributed by atoms with Crippen molar-refractivity contribution >= 4 is 50.7 Å². The van der Waals surface area contributed by atoms with Crippen LogP contribution in [-0.2, 0) is 26.2 Å². The van der Waals surface area contributed by atoms with Crippen LogP contribution in [0.4, 0.5) is 5.69 Å². The molecule has 2 aromatic carbocycles. The molecule has 0 bridgehead atoms. The standard InChI is InChI=1S/C23H29Cl2N3O4S/c1-5-19(23(30)26-6-2)27(14-17-12-10-16(3)11-13-17)21(29)15-28(33(4,31)32)20-9-7-8-18(24)22(20)25/h7-13,19H,5-6,14-15H2,1-4H3,(H,26,30)/t19-/m0/s1. The summed E-state index contributed by atoms with van der Waals surface area (Å²) in [7, 11) is -3.88. The highest BCUT2D eigenvalue weighted by molar-refractivity contribution is 7.92. The van der Waals surface area contributed by atoms with E-state index in [0.717, 1.165) is 21.7 Å². The number of anilines is 1. The first-order chi connectivity index (χ1) is 15.5. The fraction of sp³-hybridized carbons (Fsp3) is 0.391. The van der Waals surface area contributed by atoms with Gasteiger partial charge in [0, 0.05) is 13.1 Å². The molecule has 7 nitrogen and oxygen atoms in total. The third-order valence-electron chi connectivity index (χ3n) is 5.09. The Kier molecular flexibility index (Phi) is 9.57. The smallest absolute Gasteiger partial charge is 0.244 e. The van der Waals surface area contributed by atoms with Crippen LogP contribution >= 0.6 is 23.2 Å². The SMILES string of the molecule is CCNC(=O)[C@H](CC)N(Cc1ccc(C)cc1)C(=O)CN(c1cccc(Cl)c1Cl)S(C)(=O)=O. The molecule has 10 heteroatoms. The van der Waals surface area contributed by atoms with Crippen molar-refractivity contribution < 1.29 is 18.0 Å². The molecule has 2 rings (SSSR count). The van der Waals surface area contributed by atoms with E-state index in [1.54, 1.807) is 19.9 Å². The summed E-state index contributed by atoms with van der Waals surface area (Å²) < 4.78 is 26.1. The van der Waals surface area contributed by atoms with E-state index >= 15 is 0 Å². The van der Waals surface area contributed by atoms with Crippen molar-refractivity contribution in [1.82, 2.24) is 10.2 Å². The molecule has 0 spiro atoms. The first-order valence-electron chi connectivity index (χ1n) is 10.5. The second-order valence-electron chi connectivity index (χ2n) is 7.67. The molecule has 0 aliphatic carbocycles. The second kappa shape index (κ2) is 11.7. The zero-order chi connectivity index (χ0) is 24.8. The average molecular weight is 514 g/mol. The third-order valence-corrected chi connectivity index (χ3v) is 7.02. The van der Waals surface area contributed by atoms with Crippen molar-refractivity contribution in [3.8, 4) is 0 Å². The van der Waals surface area contributed by atoms with Crippen LogP contribution in [0.3, 0.4) is 0 Å². The highest BCUT2D eigenvalue weighted by Crippen LogP contribution is 2.33. The van der Waals surface area contributed by atoms with Gasteiger partial charge in [0.05, 0.1) is 22.0 Å². The second-order valence-corrected chi connectivity index (χ2v) is 10.4. The molecule has 1 N–H and O–H groups in total. The maximum atomic E-state index is 13.5. The van der Waals surface area contributed by atoms with Gasteiger partial charge < -0.3 is 10.2 Å². The number of benzene rings is 2. The van der Waals surface area contributed by atoms with E-state index in [1.165, 1.54) is 17.0 Å². The molecule has 0 unspecified atom stereocenters. The molecule has 0 heterocycles. The maximum Gasteiger partial charge on any atom is 0.244 e. The first-order valence-corrected chi connectivity index (χ1v) is 13.1. The van der Waals surface area contributed by atoms with Gasteiger partial charge in [0.2, 0.25) is 21.8 Å². The molecule has 0 saturated carbocycles. The molecule has 0 aliphatic heterocycles. The van der Waals surface area contributed by atoms with Gasteiger partial charge in [0.25, 0.3) is 0 Å². The number of amides is 2. The normalized spacial score (nSPS) is 12.2. The van der Waals surface area contributed by atoms with Gasteiger partial charge in [-0.05, 0) is 38.0 Å². The molecule has 0 fully saturated rings. The van der Waals surface area contributed by atoms with E-state index in [4.69, 9.17) is 23.2 Å². The molecular weight excluding hydrogens is 485 g/mol. The van der Waals surface area contributed by atoms with Crippen LogP contribution in [0.1, 0.15) is 31.4 Å². The highest BCUT2D eigenvalue weighted by atomic mass is 35.5. The first kappa shape index (κ1) is 27.0. The number of carbonyl (C=O) groups is 2. The number of rotatable bonds is 10. The molecule has 33 heavy (non-hydrogen) atoms. The predicted octanol–water partition coefficient (Wildman–Crippen LogP) is 4.01. The van der Waals surface area contributed by atoms with Crippen molar-refractivity contribution in [2.24, 2.45) is 0 Å². The van der Waals surface area contributed by atoms with Gasteiger partial charge in [-0.1, -0.05) is 66.0 Å². The molecule has 0 saturated heterocycles. The van der Waals surface area contributed by atoms with Crippen LogP contribution in [0.15, 0.2) is 42.5 Å². The summed E-state index contributed by atoms with van der Waals surface area (Å²) in [6.07, 6.45) is 1.35. The van der Waals surface area contributed by atoms with E-state index in [-0.39, 0.29) is 28.2 Å². The molecule has 0 aromatic heterocycles. The van der Waals surface area contributed by atoms with E-state index in [2.05, 4.69) is 5.32 Å². The van der Waals surface area contributed by atoms with Gasteiger partial charge in [-0.15, -0.1) is 0 Å². The molecule has 2 aromatic rings. The Hall–Kier alpha value is -2.29. The van der Waals surface area contributed by atoms with Crippen LogP contribution in [0.5, 0.6) is 0 Å². The quantitative estimate of drug-likeness (QED) is 0.519. The Morgan fingerprint density at radius 2 is 1.70 bits per heavy atom. The number of hydrogen-bond acceptors (Lipinski definition) is 4. The van der Waals surface area contributed by atoms with Crippen molar-refractivity contribution in [3.63, 3.8) is 0 Å². The van der Waals surface area contributed by atoms with Crippen molar-refractivity contribution in [2.75, 3.05) is 23.7 Å². The Balaban J connectivity index is 2.47. The summed E-state index contributed by atoms with van der Waals surface area (Å²) in [6, 6.07) is 11.4. The number of likely N-dealkylation sites (N-methyl/N-ethyl adjacent to an activating group) is 1. The minimum Gasteiger partial charge on any atom is -0.355 e. The lowest BCUT2D eigenvalue weighted by Crippen LogP contribution is -2.52. The van der Waals surface area contributed by atoms with Gasteiger partial charge in [-0.3, -0.25) is 13.9 Å². The largest absolute Gasteiger partial charge is 0.355 e. The lowest BCUT2D eigenvalue weighted by atomic mass is 10.1. The Bertz CT molecular complexity index is 1090. The number of carbonyl (C=O) groups excluding carboxylic acids is 2. The van der Waals surface area contributed by atoms with Crippen LogP contribution < -0.4 is 9.62 Å². The van der Waals surface area contributed by atoms with E-state index in [1.807, 2.05) is 31.2 Å². The lowest BCUT2D eigenvalue weighted by molar-refractivity contribution is -0.140. The molecular formula is C23H29Cl2N3O4S. The number of halogens is 2. The van der Waals surface area contributed by atoms with Gasteiger partial charge >= 0.3 is 0 Å². The number of aryl methyl sites for hydroxylation is 1. The zero-order valence-electron chi connectivity index (χ0n) is 19.1. The van der Waals surface area contributed by atoms with E-state index < -0.39 is 28.5 Å². The Morgan fingerprint density at radius 1 is 1.06 bits per heavy atom. The maximum absolute atomic E-state index is 13.5. The summed E-state index contributed by atoms with van der Waals surface area (Å²) in [5.41, 5.74) is 1.98. The number of nitrogens with one attached hydrogen (secondary N) is 1. The van der Waals surface area contributed by atoms with Gasteiger partial charge in [0.15, 0.2) is 0 Å². The third kappa shape index (κ3) is 7.09. The molecule has 2 amide bonds. The van der Waals surface area contributed by atoms with Gasteiger partial charge in [-0.2, -0.15) is 0 Å². The molecule has 1 atom stereocenters. The Morgan fingerprint density at radius 3 is 2.24 bits per heavy atom. The fourth-order valence-electron chi connectivity index (χ4n) is 3.38. The van der Waals surface area contributed by atoms with Crippen LogP contribution in [-0.4, -0.2) is 50.5 Å². The Labute approximate surface area is 205 Å². The van der Waals surface area contributed by atoms with Crippen LogP contribution in [0, 0.1) is 6.92 Å². The molecule has 180 valence electrons. The van der Waals surface area contributed by atoms with Crippen molar-refractivity contribution in [1.29, 1.82) is 0 Å². The topological polar surface area (TPSA) is 86.8 Å². The van der Waals surface area contributed by atoms with Crippen LogP contribution in [0.2, 0.25) is 10.0 Å². The number of nitrogens with zero attached hydrogens (tertiary/aromatic N) is 2. The van der Waals surface area contributed by atoms with Crippen molar-refractivity contribution in [3.05, 3.63) is 63.6 Å². The number of sulfonamides is 1. The predicted molar refractivity (Wildman–Crippen MR) is 133 cm³/mol. The summed E-state index contributed by atoms with van der Waals surface area (Å²) in [5, 5.41) is 2.95. The fourth-order valence-corrected chi connectivity index (χ4v) is 4.68. The lowest BCUT2D eigenvalue weighted by Gasteiger charge is -2.33. The van der Waals surface area contributed by atoms with Crippen LogP contribution in [0.25, 0.3) is 0 Å². The minimum atomic E-state index is -3.88. The summed E-state index contributed by atoms with van der Waals surface area (Å²) in [4.78, 5) is 27.7. The minimum absolute atomic E-state index is 0.0262. The van der Waals surface area contributed by atoms with Gasteiger partial charge in [-0.25, -0.2) is 8.42 Å². The zero-order valence-corrected chi connectivity index (χ0v) is 21.5. The summed E-state index contributed by atoms with van der Waals surface area (Å²) in [6.45, 7) is 5.58. The van der Waals surface area contributed by atoms with Gasteiger partial charge in [0.1, 0.15) is 12.6 Å².